The Bertz CT molecular complexity index is 1200. The molecule has 1 saturated heterocycles. The van der Waals surface area contributed by atoms with Crippen LogP contribution in [0.1, 0.15) is 30.1 Å². The molecular formula is C22H23FN4O4S. The monoisotopic (exact) mass is 458 g/mol. The minimum Gasteiger partial charge on any atom is -0.342 e. The number of carbonyl (C=O) groups excluding carboxylic acids is 1. The van der Waals surface area contributed by atoms with Gasteiger partial charge in [0, 0.05) is 24.6 Å². The summed E-state index contributed by atoms with van der Waals surface area (Å²) in [6.07, 6.45) is 1.31. The van der Waals surface area contributed by atoms with E-state index < -0.39 is 15.8 Å². The van der Waals surface area contributed by atoms with Gasteiger partial charge in [-0.05, 0) is 55.7 Å². The number of sulfonamides is 1. The fourth-order valence-corrected chi connectivity index (χ4v) is 4.65. The Kier molecular flexibility index (Phi) is 6.33. The zero-order valence-corrected chi connectivity index (χ0v) is 18.3. The second-order valence-corrected chi connectivity index (χ2v) is 9.47. The number of carbonyl (C=O) groups is 1. The molecule has 1 fully saturated rings. The predicted octanol–water partition coefficient (Wildman–Crippen LogP) is 2.87. The van der Waals surface area contributed by atoms with E-state index in [0.717, 1.165) is 35.4 Å². The van der Waals surface area contributed by atoms with Crippen molar-refractivity contribution in [3.63, 3.8) is 0 Å². The van der Waals surface area contributed by atoms with Crippen LogP contribution in [-0.4, -0.2) is 49.0 Å². The predicted molar refractivity (Wildman–Crippen MR) is 115 cm³/mol. The van der Waals surface area contributed by atoms with Crippen molar-refractivity contribution in [2.24, 2.45) is 0 Å². The normalized spacial score (nSPS) is 15.1. The van der Waals surface area contributed by atoms with E-state index in [2.05, 4.69) is 14.9 Å². The van der Waals surface area contributed by atoms with Crippen molar-refractivity contribution in [3.05, 3.63) is 65.7 Å². The van der Waals surface area contributed by atoms with E-state index >= 15 is 0 Å². The lowest BCUT2D eigenvalue weighted by Gasteiger charge is -2.30. The van der Waals surface area contributed by atoms with E-state index in [0.29, 0.717) is 37.6 Å². The molecular weight excluding hydrogens is 435 g/mol. The molecule has 1 aliphatic heterocycles. The molecule has 0 unspecified atom stereocenters. The topological polar surface area (TPSA) is 105 Å². The summed E-state index contributed by atoms with van der Waals surface area (Å²) in [5, 5.41) is 4.13. The molecule has 1 aliphatic rings. The second-order valence-electron chi connectivity index (χ2n) is 7.71. The molecule has 2 aromatic carbocycles. The first-order valence-electron chi connectivity index (χ1n) is 10.3. The fraction of sp³-hybridized carbons (Fsp3) is 0.318. The standard InChI is InChI=1S/C22H23FN4O4S/c1-15-4-2-3-5-19(15)22-25-21(26-31-22)16-10-12-27(13-11-16)20(28)14-24-32(29,30)18-8-6-17(23)7-9-18/h2-9,16,24H,10-14H2,1H3. The van der Waals surface area contributed by atoms with Crippen molar-refractivity contribution in [2.45, 2.75) is 30.6 Å². The van der Waals surface area contributed by atoms with Gasteiger partial charge in [-0.2, -0.15) is 4.98 Å². The SMILES string of the molecule is Cc1ccccc1-c1nc(C2CCN(C(=O)CNS(=O)(=O)c3ccc(F)cc3)CC2)no1. The first-order valence-corrected chi connectivity index (χ1v) is 11.7. The molecule has 8 nitrogen and oxygen atoms in total. The third-order valence-electron chi connectivity index (χ3n) is 5.57. The van der Waals surface area contributed by atoms with E-state index in [-0.39, 0.29) is 23.3 Å². The highest BCUT2D eigenvalue weighted by Crippen LogP contribution is 2.29. The zero-order valence-electron chi connectivity index (χ0n) is 17.5. The van der Waals surface area contributed by atoms with Gasteiger partial charge in [-0.3, -0.25) is 4.79 Å². The van der Waals surface area contributed by atoms with E-state index in [1.165, 1.54) is 0 Å². The molecule has 0 atom stereocenters. The van der Waals surface area contributed by atoms with Gasteiger partial charge in [-0.25, -0.2) is 17.5 Å². The van der Waals surface area contributed by atoms with Crippen LogP contribution in [0.5, 0.6) is 0 Å². The van der Waals surface area contributed by atoms with Gasteiger partial charge in [0.2, 0.25) is 15.9 Å². The summed E-state index contributed by atoms with van der Waals surface area (Å²) in [4.78, 5) is 18.6. The highest BCUT2D eigenvalue weighted by Gasteiger charge is 2.28. The van der Waals surface area contributed by atoms with Gasteiger partial charge in [0.05, 0.1) is 11.4 Å². The number of aryl methyl sites for hydroxylation is 1. The zero-order chi connectivity index (χ0) is 22.7. The number of rotatable bonds is 6. The number of piperidine rings is 1. The molecule has 0 radical (unpaired) electrons. The van der Waals surface area contributed by atoms with Crippen molar-refractivity contribution in [1.29, 1.82) is 0 Å². The van der Waals surface area contributed by atoms with Crippen LogP contribution in [0.3, 0.4) is 0 Å². The molecule has 1 aromatic heterocycles. The lowest BCUT2D eigenvalue weighted by molar-refractivity contribution is -0.131. The first kappa shape index (κ1) is 22.1. The molecule has 0 saturated carbocycles. The van der Waals surface area contributed by atoms with Crippen molar-refractivity contribution in [1.82, 2.24) is 19.8 Å². The third-order valence-corrected chi connectivity index (χ3v) is 6.98. The lowest BCUT2D eigenvalue weighted by atomic mass is 9.96. The number of nitrogens with one attached hydrogen (secondary N) is 1. The van der Waals surface area contributed by atoms with Crippen LogP contribution in [0, 0.1) is 12.7 Å². The maximum atomic E-state index is 13.0. The van der Waals surface area contributed by atoms with Crippen LogP contribution in [0.25, 0.3) is 11.5 Å². The average molecular weight is 459 g/mol. The van der Waals surface area contributed by atoms with Gasteiger partial charge in [-0.1, -0.05) is 23.4 Å². The summed E-state index contributed by atoms with van der Waals surface area (Å²) in [7, 11) is -3.89. The van der Waals surface area contributed by atoms with Gasteiger partial charge in [0.15, 0.2) is 5.82 Å². The number of hydrogen-bond acceptors (Lipinski definition) is 6. The Balaban J connectivity index is 1.31. The van der Waals surface area contributed by atoms with E-state index in [9.17, 15) is 17.6 Å². The minimum absolute atomic E-state index is 0.0662. The summed E-state index contributed by atoms with van der Waals surface area (Å²) in [5.41, 5.74) is 1.94. The molecule has 4 rings (SSSR count). The molecule has 32 heavy (non-hydrogen) atoms. The third kappa shape index (κ3) is 4.86. The Hall–Kier alpha value is -3.11. The van der Waals surface area contributed by atoms with Crippen molar-refractivity contribution >= 4 is 15.9 Å². The van der Waals surface area contributed by atoms with Gasteiger partial charge >= 0.3 is 0 Å². The number of amides is 1. The maximum Gasteiger partial charge on any atom is 0.258 e. The molecule has 0 bridgehead atoms. The average Bonchev–Trinajstić information content (AvgIpc) is 3.28. The summed E-state index contributed by atoms with van der Waals surface area (Å²) < 4.78 is 45.3. The van der Waals surface area contributed by atoms with Crippen LogP contribution >= 0.6 is 0 Å². The summed E-state index contributed by atoms with van der Waals surface area (Å²) >= 11 is 0. The Morgan fingerprint density at radius 3 is 2.53 bits per heavy atom. The van der Waals surface area contributed by atoms with Gasteiger partial charge < -0.3 is 9.42 Å². The Morgan fingerprint density at radius 1 is 1.16 bits per heavy atom. The van der Waals surface area contributed by atoms with Gasteiger partial charge in [0.25, 0.3) is 5.89 Å². The smallest absolute Gasteiger partial charge is 0.258 e. The van der Waals surface area contributed by atoms with Gasteiger partial charge in [-0.15, -0.1) is 0 Å². The molecule has 3 aromatic rings. The molecule has 10 heteroatoms. The summed E-state index contributed by atoms with van der Waals surface area (Å²) in [5.74, 6) is 0.314. The highest BCUT2D eigenvalue weighted by molar-refractivity contribution is 7.89. The summed E-state index contributed by atoms with van der Waals surface area (Å²) in [6, 6.07) is 12.2. The molecule has 0 aliphatic carbocycles. The lowest BCUT2D eigenvalue weighted by Crippen LogP contribution is -2.43. The number of nitrogens with zero attached hydrogens (tertiary/aromatic N) is 3. The molecule has 0 spiro atoms. The summed E-state index contributed by atoms with van der Waals surface area (Å²) in [6.45, 7) is 2.56. The number of aromatic nitrogens is 2. The van der Waals surface area contributed by atoms with Crippen LogP contribution in [0.4, 0.5) is 4.39 Å². The number of benzene rings is 2. The van der Waals surface area contributed by atoms with Crippen LogP contribution in [0.2, 0.25) is 0 Å². The van der Waals surface area contributed by atoms with Crippen LogP contribution in [-0.2, 0) is 14.8 Å². The number of halogens is 1. The van der Waals surface area contributed by atoms with Crippen molar-refractivity contribution in [3.8, 4) is 11.5 Å². The second kappa shape index (κ2) is 9.17. The molecule has 2 heterocycles. The molecule has 1 amide bonds. The van der Waals surface area contributed by atoms with E-state index in [1.807, 2.05) is 31.2 Å². The van der Waals surface area contributed by atoms with Crippen molar-refractivity contribution in [2.75, 3.05) is 19.6 Å². The van der Waals surface area contributed by atoms with Gasteiger partial charge in [0.1, 0.15) is 5.82 Å². The minimum atomic E-state index is -3.89. The maximum absolute atomic E-state index is 13.0. The largest absolute Gasteiger partial charge is 0.342 e. The van der Waals surface area contributed by atoms with E-state index in [4.69, 9.17) is 4.52 Å². The quantitative estimate of drug-likeness (QED) is 0.609. The van der Waals surface area contributed by atoms with Crippen LogP contribution < -0.4 is 4.72 Å². The number of hydrogen-bond donors (Lipinski definition) is 1. The Labute approximate surface area is 185 Å². The van der Waals surface area contributed by atoms with Crippen LogP contribution in [0.15, 0.2) is 57.9 Å². The molecule has 1 N–H and O–H groups in total. The van der Waals surface area contributed by atoms with Crippen molar-refractivity contribution < 1.29 is 22.1 Å². The fourth-order valence-electron chi connectivity index (χ4n) is 3.68. The number of likely N-dealkylation sites (tertiary alicyclic amines) is 1. The Morgan fingerprint density at radius 2 is 1.84 bits per heavy atom. The van der Waals surface area contributed by atoms with E-state index in [1.54, 1.807) is 4.90 Å². The molecule has 168 valence electrons. The highest BCUT2D eigenvalue weighted by atomic mass is 32.2. The first-order chi connectivity index (χ1) is 15.3.